The molecule has 2 saturated heterocycles. The number of carboxylic acids is 1. The number of anilines is 1. The molecule has 0 bridgehead atoms. The number of hydrogen-bond acceptors (Lipinski definition) is 7. The van der Waals surface area contributed by atoms with Crippen LogP contribution in [0.25, 0.3) is 0 Å². The van der Waals surface area contributed by atoms with E-state index in [0.29, 0.717) is 36.1 Å². The van der Waals surface area contributed by atoms with Crippen LogP contribution in [-0.4, -0.2) is 60.9 Å². The first-order valence-electron chi connectivity index (χ1n) is 13.4. The van der Waals surface area contributed by atoms with Crippen LogP contribution in [0.3, 0.4) is 0 Å². The van der Waals surface area contributed by atoms with E-state index in [0.717, 1.165) is 70.3 Å². The number of rotatable bonds is 10. The van der Waals surface area contributed by atoms with Crippen LogP contribution >= 0.6 is 0 Å². The van der Waals surface area contributed by atoms with Crippen LogP contribution in [0.15, 0.2) is 30.6 Å². The van der Waals surface area contributed by atoms with Gasteiger partial charge in [-0.25, -0.2) is 9.97 Å². The van der Waals surface area contributed by atoms with Crippen molar-refractivity contribution in [1.82, 2.24) is 15.3 Å². The maximum atomic E-state index is 11.3. The van der Waals surface area contributed by atoms with Crippen molar-refractivity contribution in [2.24, 2.45) is 11.8 Å². The Bertz CT molecular complexity index is 1030. The monoisotopic (exact) mass is 494 g/mol. The van der Waals surface area contributed by atoms with E-state index in [-0.39, 0.29) is 12.3 Å². The molecule has 4 heterocycles. The summed E-state index contributed by atoms with van der Waals surface area (Å²) in [5.41, 5.74) is 3.66. The lowest BCUT2D eigenvalue weighted by molar-refractivity contribution is -0.137. The minimum Gasteiger partial charge on any atom is -0.481 e. The molecule has 8 heteroatoms. The van der Waals surface area contributed by atoms with Gasteiger partial charge in [0.25, 0.3) is 0 Å². The fourth-order valence-corrected chi connectivity index (χ4v) is 5.79. The highest BCUT2D eigenvalue weighted by Crippen LogP contribution is 2.45. The molecule has 1 atom stereocenters. The topological polar surface area (TPSA) is 96.8 Å². The molecule has 194 valence electrons. The minimum absolute atomic E-state index is 0.0579. The van der Waals surface area contributed by atoms with E-state index in [1.807, 2.05) is 18.3 Å². The predicted octanol–water partition coefficient (Wildman–Crippen LogP) is 4.22. The fraction of sp³-hybridized carbons (Fsp3) is 0.607. The van der Waals surface area contributed by atoms with Gasteiger partial charge in [0.2, 0.25) is 11.8 Å². The zero-order chi connectivity index (χ0) is 24.9. The van der Waals surface area contributed by atoms with Gasteiger partial charge in [-0.3, -0.25) is 4.79 Å². The van der Waals surface area contributed by atoms with Crippen LogP contribution in [0, 0.1) is 11.8 Å². The van der Waals surface area contributed by atoms with Gasteiger partial charge in [-0.15, -0.1) is 0 Å². The molecule has 8 nitrogen and oxygen atoms in total. The van der Waals surface area contributed by atoms with Crippen molar-refractivity contribution in [3.63, 3.8) is 0 Å². The first kappa shape index (κ1) is 24.8. The second-order valence-corrected chi connectivity index (χ2v) is 10.5. The molecule has 1 unspecified atom stereocenters. The zero-order valence-corrected chi connectivity index (χ0v) is 21.2. The summed E-state index contributed by atoms with van der Waals surface area (Å²) in [6, 6.07) is 6.01. The normalized spacial score (nSPS) is 20.2. The van der Waals surface area contributed by atoms with Gasteiger partial charge in [-0.2, -0.15) is 0 Å². The van der Waals surface area contributed by atoms with Crippen molar-refractivity contribution < 1.29 is 19.4 Å². The predicted molar refractivity (Wildman–Crippen MR) is 138 cm³/mol. The van der Waals surface area contributed by atoms with Gasteiger partial charge in [0, 0.05) is 43.3 Å². The van der Waals surface area contributed by atoms with E-state index < -0.39 is 5.97 Å². The molecule has 1 saturated carbocycles. The molecule has 1 aliphatic carbocycles. The van der Waals surface area contributed by atoms with E-state index in [1.54, 1.807) is 13.3 Å². The molecule has 2 N–H and O–H groups in total. The van der Waals surface area contributed by atoms with Crippen LogP contribution in [0.2, 0.25) is 0 Å². The Morgan fingerprint density at radius 2 is 1.89 bits per heavy atom. The Morgan fingerprint density at radius 1 is 1.11 bits per heavy atom. The molecule has 2 aromatic rings. The van der Waals surface area contributed by atoms with E-state index in [4.69, 9.17) is 9.47 Å². The molecule has 0 aromatic carbocycles. The van der Waals surface area contributed by atoms with Crippen molar-refractivity contribution in [3.8, 4) is 11.8 Å². The number of carboxylic acid groups (broad SMARTS) is 1. The molecule has 2 aliphatic heterocycles. The maximum absolute atomic E-state index is 11.3. The smallest absolute Gasteiger partial charge is 0.303 e. The summed E-state index contributed by atoms with van der Waals surface area (Å²) >= 11 is 0. The Balaban J connectivity index is 1.18. The summed E-state index contributed by atoms with van der Waals surface area (Å²) in [7, 11) is 1.68. The van der Waals surface area contributed by atoms with Gasteiger partial charge >= 0.3 is 5.97 Å². The molecule has 2 aromatic heterocycles. The summed E-state index contributed by atoms with van der Waals surface area (Å²) in [6.45, 7) is 4.72. The lowest BCUT2D eigenvalue weighted by Gasteiger charge is -2.36. The molecule has 3 aliphatic rings. The molecule has 5 rings (SSSR count). The Labute approximate surface area is 213 Å². The molecule has 36 heavy (non-hydrogen) atoms. The molecular weight excluding hydrogens is 456 g/mol. The third-order valence-corrected chi connectivity index (χ3v) is 8.07. The van der Waals surface area contributed by atoms with Gasteiger partial charge in [0.15, 0.2) is 0 Å². The van der Waals surface area contributed by atoms with Crippen LogP contribution < -0.4 is 19.7 Å². The lowest BCUT2D eigenvalue weighted by Crippen LogP contribution is -2.37. The van der Waals surface area contributed by atoms with Gasteiger partial charge in [0.05, 0.1) is 20.1 Å². The number of hydrogen-bond donors (Lipinski definition) is 2. The number of aliphatic carboxylic acids is 1. The molecular formula is C28H38N4O4. The zero-order valence-electron chi connectivity index (χ0n) is 21.2. The lowest BCUT2D eigenvalue weighted by atomic mass is 9.89. The second-order valence-electron chi connectivity index (χ2n) is 10.5. The molecule has 3 fully saturated rings. The number of nitrogens with zero attached hydrogens (tertiary/aromatic N) is 3. The van der Waals surface area contributed by atoms with Crippen LogP contribution in [0.4, 0.5) is 5.69 Å². The van der Waals surface area contributed by atoms with Gasteiger partial charge in [-0.05, 0) is 92.5 Å². The number of aromatic nitrogens is 2. The number of piperidine rings is 2. The second kappa shape index (κ2) is 11.5. The quantitative estimate of drug-likeness (QED) is 0.507. The number of methoxy groups -OCH3 is 1. The summed E-state index contributed by atoms with van der Waals surface area (Å²) in [4.78, 5) is 22.8. The third-order valence-electron chi connectivity index (χ3n) is 8.07. The molecule has 0 radical (unpaired) electrons. The van der Waals surface area contributed by atoms with Gasteiger partial charge < -0.3 is 24.8 Å². The van der Waals surface area contributed by atoms with Crippen molar-refractivity contribution in [2.75, 3.05) is 44.8 Å². The van der Waals surface area contributed by atoms with E-state index in [9.17, 15) is 9.90 Å². The number of ether oxygens (including phenoxy) is 2. The number of pyridine rings is 2. The van der Waals surface area contributed by atoms with Gasteiger partial charge in [-0.1, -0.05) is 0 Å². The van der Waals surface area contributed by atoms with Crippen LogP contribution in [0.1, 0.15) is 67.9 Å². The fourth-order valence-electron chi connectivity index (χ4n) is 5.79. The summed E-state index contributed by atoms with van der Waals surface area (Å²) in [6.07, 6.45) is 10.6. The standard InChI is InChI=1S/C28H38N4O4/c1-35-26-16-25(24(17-31-26)21-4-9-29-10-5-21)32-12-7-19(8-13-32)18-36-27-14-22(6-11-30-27)23(15-28(33)34)20-2-3-20/h6,11,14,16-17,19-21,23,29H,2-5,7-10,12-13,15,18H2,1H3,(H,33,34). The van der Waals surface area contributed by atoms with Crippen molar-refractivity contribution in [2.45, 2.75) is 56.8 Å². The van der Waals surface area contributed by atoms with Crippen LogP contribution in [0.5, 0.6) is 11.8 Å². The van der Waals surface area contributed by atoms with Crippen LogP contribution in [-0.2, 0) is 4.79 Å². The number of nitrogens with one attached hydrogen (secondary N) is 1. The highest BCUT2D eigenvalue weighted by molar-refractivity contribution is 5.68. The summed E-state index contributed by atoms with van der Waals surface area (Å²) in [5, 5.41) is 12.8. The van der Waals surface area contributed by atoms with E-state index >= 15 is 0 Å². The Kier molecular flexibility index (Phi) is 7.90. The van der Waals surface area contributed by atoms with Crippen molar-refractivity contribution >= 4 is 11.7 Å². The van der Waals surface area contributed by atoms with Gasteiger partial charge in [0.1, 0.15) is 0 Å². The van der Waals surface area contributed by atoms with Crippen molar-refractivity contribution in [1.29, 1.82) is 0 Å². The molecule has 0 spiro atoms. The SMILES string of the molecule is COc1cc(N2CCC(COc3cc(C(CC(=O)O)C4CC4)ccn3)CC2)c(C2CCNCC2)cn1. The average Bonchev–Trinajstić information content (AvgIpc) is 3.76. The highest BCUT2D eigenvalue weighted by atomic mass is 16.5. The van der Waals surface area contributed by atoms with E-state index in [2.05, 4.69) is 26.3 Å². The highest BCUT2D eigenvalue weighted by Gasteiger charge is 2.34. The minimum atomic E-state index is -0.743. The Hall–Kier alpha value is -2.87. The number of carbonyl (C=O) groups is 1. The third kappa shape index (κ3) is 6.09. The first-order valence-corrected chi connectivity index (χ1v) is 13.4. The largest absolute Gasteiger partial charge is 0.481 e. The van der Waals surface area contributed by atoms with Crippen molar-refractivity contribution in [3.05, 3.63) is 41.7 Å². The average molecular weight is 495 g/mol. The summed E-state index contributed by atoms with van der Waals surface area (Å²) in [5.74, 6) is 2.08. The Morgan fingerprint density at radius 3 is 2.58 bits per heavy atom. The molecule has 0 amide bonds. The summed E-state index contributed by atoms with van der Waals surface area (Å²) < 4.78 is 11.6. The first-order chi connectivity index (χ1) is 17.6. The van der Waals surface area contributed by atoms with E-state index in [1.165, 1.54) is 11.3 Å². The maximum Gasteiger partial charge on any atom is 0.303 e.